The van der Waals surface area contributed by atoms with Crippen molar-refractivity contribution < 1.29 is 14.7 Å². The van der Waals surface area contributed by atoms with Gasteiger partial charge in [0.1, 0.15) is 5.01 Å². The van der Waals surface area contributed by atoms with E-state index in [-0.39, 0.29) is 17.5 Å². The second kappa shape index (κ2) is 8.27. The van der Waals surface area contributed by atoms with Crippen LogP contribution in [0, 0.1) is 11.8 Å². The van der Waals surface area contributed by atoms with Gasteiger partial charge in [0.25, 0.3) is 0 Å². The number of amides is 1. The van der Waals surface area contributed by atoms with Gasteiger partial charge < -0.3 is 10.4 Å². The molecule has 1 amide bonds. The molecule has 0 radical (unpaired) electrons. The number of carbonyl (C=O) groups excluding carboxylic acids is 1. The number of nitrogens with zero attached hydrogens (tertiary/aromatic N) is 1. The molecular formula is C16H24N2O3S. The Balaban J connectivity index is 1.72. The van der Waals surface area contributed by atoms with Crippen molar-refractivity contribution in [2.45, 2.75) is 58.4 Å². The molecule has 0 aromatic carbocycles. The Morgan fingerprint density at radius 1 is 1.36 bits per heavy atom. The highest BCUT2D eigenvalue weighted by Crippen LogP contribution is 2.32. The predicted molar refractivity (Wildman–Crippen MR) is 85.9 cm³/mol. The quantitative estimate of drug-likeness (QED) is 0.805. The monoisotopic (exact) mass is 324 g/mol. The molecule has 6 heteroatoms. The Labute approximate surface area is 135 Å². The summed E-state index contributed by atoms with van der Waals surface area (Å²) < 4.78 is 0. The van der Waals surface area contributed by atoms with Gasteiger partial charge in [-0.1, -0.05) is 26.2 Å². The van der Waals surface area contributed by atoms with E-state index in [4.69, 9.17) is 5.11 Å². The standard InChI is InChI=1S/C16H24N2O3S/c1-2-3-4-11-5-7-12(8-6-11)15(19)17-9-14-18-13(10-22-14)16(20)21/h10-12H,2-9H2,1H3,(H,17,19)(H,20,21). The third kappa shape index (κ3) is 4.80. The Morgan fingerprint density at radius 3 is 2.68 bits per heavy atom. The smallest absolute Gasteiger partial charge is 0.355 e. The van der Waals surface area contributed by atoms with E-state index < -0.39 is 5.97 Å². The molecular weight excluding hydrogens is 300 g/mol. The van der Waals surface area contributed by atoms with E-state index in [9.17, 15) is 9.59 Å². The Hall–Kier alpha value is -1.43. The third-order valence-electron chi connectivity index (χ3n) is 4.37. The van der Waals surface area contributed by atoms with Crippen LogP contribution in [0.1, 0.15) is 67.4 Å². The van der Waals surface area contributed by atoms with Gasteiger partial charge in [-0.15, -0.1) is 11.3 Å². The minimum absolute atomic E-state index is 0.0469. The van der Waals surface area contributed by atoms with Gasteiger partial charge in [-0.05, 0) is 31.6 Å². The van der Waals surface area contributed by atoms with Gasteiger partial charge >= 0.3 is 5.97 Å². The largest absolute Gasteiger partial charge is 0.476 e. The molecule has 5 nitrogen and oxygen atoms in total. The molecule has 122 valence electrons. The summed E-state index contributed by atoms with van der Waals surface area (Å²) >= 11 is 1.27. The van der Waals surface area contributed by atoms with Gasteiger partial charge in [0.2, 0.25) is 5.91 Å². The molecule has 1 heterocycles. The Bertz CT molecular complexity index is 507. The van der Waals surface area contributed by atoms with Crippen molar-refractivity contribution in [1.82, 2.24) is 10.3 Å². The molecule has 0 spiro atoms. The number of hydrogen-bond donors (Lipinski definition) is 2. The second-order valence-corrected chi connectivity index (χ2v) is 6.95. The molecule has 2 rings (SSSR count). The van der Waals surface area contributed by atoms with Gasteiger partial charge in [-0.2, -0.15) is 0 Å². The fraction of sp³-hybridized carbons (Fsp3) is 0.688. The average Bonchev–Trinajstić information content (AvgIpc) is 3.00. The third-order valence-corrected chi connectivity index (χ3v) is 5.22. The molecule has 0 saturated heterocycles. The highest BCUT2D eigenvalue weighted by atomic mass is 32.1. The van der Waals surface area contributed by atoms with E-state index in [0.717, 1.165) is 31.6 Å². The topological polar surface area (TPSA) is 79.3 Å². The maximum absolute atomic E-state index is 12.2. The van der Waals surface area contributed by atoms with E-state index in [1.807, 2.05) is 0 Å². The van der Waals surface area contributed by atoms with E-state index in [0.29, 0.717) is 11.6 Å². The summed E-state index contributed by atoms with van der Waals surface area (Å²) in [6.07, 6.45) is 8.07. The molecule has 1 aromatic heterocycles. The second-order valence-electron chi connectivity index (χ2n) is 6.01. The van der Waals surface area contributed by atoms with Crippen LogP contribution in [-0.2, 0) is 11.3 Å². The van der Waals surface area contributed by atoms with Gasteiger partial charge in [-0.3, -0.25) is 4.79 Å². The van der Waals surface area contributed by atoms with E-state index in [2.05, 4.69) is 17.2 Å². The minimum atomic E-state index is -1.03. The molecule has 0 atom stereocenters. The van der Waals surface area contributed by atoms with Crippen molar-refractivity contribution in [1.29, 1.82) is 0 Å². The van der Waals surface area contributed by atoms with Crippen molar-refractivity contribution in [2.75, 3.05) is 0 Å². The lowest BCUT2D eigenvalue weighted by Crippen LogP contribution is -2.32. The number of hydrogen-bond acceptors (Lipinski definition) is 4. The van der Waals surface area contributed by atoms with Crippen molar-refractivity contribution in [3.8, 4) is 0 Å². The maximum atomic E-state index is 12.2. The molecule has 1 fully saturated rings. The summed E-state index contributed by atoms with van der Waals surface area (Å²) in [7, 11) is 0. The van der Waals surface area contributed by atoms with Crippen LogP contribution in [0.25, 0.3) is 0 Å². The zero-order valence-corrected chi connectivity index (χ0v) is 13.8. The number of thiazole rings is 1. The number of rotatable bonds is 7. The van der Waals surface area contributed by atoms with Crippen LogP contribution in [0.3, 0.4) is 0 Å². The van der Waals surface area contributed by atoms with Crippen LogP contribution >= 0.6 is 11.3 Å². The van der Waals surface area contributed by atoms with Crippen molar-refractivity contribution in [3.63, 3.8) is 0 Å². The molecule has 22 heavy (non-hydrogen) atoms. The lowest BCUT2D eigenvalue weighted by Gasteiger charge is -2.27. The van der Waals surface area contributed by atoms with E-state index in [1.54, 1.807) is 0 Å². The lowest BCUT2D eigenvalue weighted by atomic mass is 9.79. The first-order chi connectivity index (χ1) is 10.6. The molecule has 2 N–H and O–H groups in total. The molecule has 1 saturated carbocycles. The zero-order valence-electron chi connectivity index (χ0n) is 13.0. The number of carboxylic acids is 1. The number of unbranched alkanes of at least 4 members (excludes halogenated alkanes) is 1. The number of aromatic nitrogens is 1. The first-order valence-corrected chi connectivity index (χ1v) is 8.93. The highest BCUT2D eigenvalue weighted by molar-refractivity contribution is 7.09. The van der Waals surface area contributed by atoms with Crippen LogP contribution in [0.5, 0.6) is 0 Å². The van der Waals surface area contributed by atoms with Crippen LogP contribution < -0.4 is 5.32 Å². The summed E-state index contributed by atoms with van der Waals surface area (Å²) in [6, 6.07) is 0. The van der Waals surface area contributed by atoms with Gasteiger partial charge in [-0.25, -0.2) is 9.78 Å². The Morgan fingerprint density at radius 2 is 2.09 bits per heavy atom. The molecule has 0 bridgehead atoms. The number of aromatic carboxylic acids is 1. The Kier molecular flexibility index (Phi) is 6.36. The highest BCUT2D eigenvalue weighted by Gasteiger charge is 2.25. The molecule has 0 aliphatic heterocycles. The van der Waals surface area contributed by atoms with Crippen LogP contribution in [0.2, 0.25) is 0 Å². The fourth-order valence-electron chi connectivity index (χ4n) is 3.00. The fourth-order valence-corrected chi connectivity index (χ4v) is 3.71. The van der Waals surface area contributed by atoms with E-state index >= 15 is 0 Å². The predicted octanol–water partition coefficient (Wildman–Crippen LogP) is 3.45. The van der Waals surface area contributed by atoms with Crippen LogP contribution in [0.4, 0.5) is 0 Å². The first-order valence-electron chi connectivity index (χ1n) is 8.05. The number of nitrogens with one attached hydrogen (secondary N) is 1. The molecule has 0 unspecified atom stereocenters. The molecule has 1 aromatic rings. The van der Waals surface area contributed by atoms with Crippen molar-refractivity contribution in [3.05, 3.63) is 16.1 Å². The first kappa shape index (κ1) is 16.9. The summed E-state index contributed by atoms with van der Waals surface area (Å²) in [4.78, 5) is 26.9. The van der Waals surface area contributed by atoms with Gasteiger partial charge in [0.05, 0.1) is 6.54 Å². The molecule has 1 aliphatic carbocycles. The van der Waals surface area contributed by atoms with Gasteiger partial charge in [0.15, 0.2) is 5.69 Å². The SMILES string of the molecule is CCCCC1CCC(C(=O)NCc2nc(C(=O)O)cs2)CC1. The van der Waals surface area contributed by atoms with Crippen molar-refractivity contribution in [2.24, 2.45) is 11.8 Å². The molecule has 1 aliphatic rings. The van der Waals surface area contributed by atoms with Crippen LogP contribution in [-0.4, -0.2) is 22.0 Å². The summed E-state index contributed by atoms with van der Waals surface area (Å²) in [5, 5.41) is 13.9. The minimum Gasteiger partial charge on any atom is -0.476 e. The zero-order chi connectivity index (χ0) is 15.9. The van der Waals surface area contributed by atoms with E-state index in [1.165, 1.54) is 36.0 Å². The summed E-state index contributed by atoms with van der Waals surface area (Å²) in [5.41, 5.74) is 0.0469. The van der Waals surface area contributed by atoms with Gasteiger partial charge in [0, 0.05) is 11.3 Å². The van der Waals surface area contributed by atoms with Crippen LogP contribution in [0.15, 0.2) is 5.38 Å². The lowest BCUT2D eigenvalue weighted by molar-refractivity contribution is -0.126. The van der Waals surface area contributed by atoms with Crippen molar-refractivity contribution >= 4 is 23.2 Å². The number of carboxylic acid groups (broad SMARTS) is 1. The summed E-state index contributed by atoms with van der Waals surface area (Å²) in [5.74, 6) is -0.0434. The normalized spacial score (nSPS) is 21.5. The summed E-state index contributed by atoms with van der Waals surface area (Å²) in [6.45, 7) is 2.54. The average molecular weight is 324 g/mol. The number of carbonyl (C=O) groups is 2. The maximum Gasteiger partial charge on any atom is 0.355 e.